The highest BCUT2D eigenvalue weighted by molar-refractivity contribution is 9.13. The van der Waals surface area contributed by atoms with E-state index in [1.165, 1.54) is 19.6 Å². The van der Waals surface area contributed by atoms with E-state index in [0.29, 0.717) is 6.04 Å². The number of halogens is 2. The van der Waals surface area contributed by atoms with E-state index in [1.807, 2.05) is 0 Å². The Morgan fingerprint density at radius 2 is 2.29 bits per heavy atom. The van der Waals surface area contributed by atoms with E-state index in [1.54, 1.807) is 0 Å². The minimum Gasteiger partial charge on any atom is -0.452 e. The molecule has 0 saturated carbocycles. The molecular weight excluding hydrogens is 348 g/mol. The number of furan rings is 1. The Morgan fingerprint density at radius 1 is 1.47 bits per heavy atom. The predicted molar refractivity (Wildman–Crippen MR) is 73.8 cm³/mol. The zero-order valence-corrected chi connectivity index (χ0v) is 12.9. The van der Waals surface area contributed by atoms with E-state index in [2.05, 4.69) is 55.1 Å². The molecule has 1 aromatic rings. The van der Waals surface area contributed by atoms with Crippen molar-refractivity contribution >= 4 is 31.9 Å². The van der Waals surface area contributed by atoms with E-state index in [9.17, 15) is 0 Å². The fourth-order valence-electron chi connectivity index (χ4n) is 3.13. The molecule has 2 aliphatic heterocycles. The molecule has 0 radical (unpaired) electrons. The fourth-order valence-corrected chi connectivity index (χ4v) is 3.79. The van der Waals surface area contributed by atoms with Crippen molar-refractivity contribution < 1.29 is 4.42 Å². The van der Waals surface area contributed by atoms with Gasteiger partial charge in [0.05, 0.1) is 11.0 Å². The van der Waals surface area contributed by atoms with Crippen molar-refractivity contribution in [3.63, 3.8) is 0 Å². The van der Waals surface area contributed by atoms with Gasteiger partial charge in [-0.05, 0) is 69.8 Å². The smallest absolute Gasteiger partial charge is 0.183 e. The normalized spacial score (nSPS) is 33.2. The first-order valence-electron chi connectivity index (χ1n) is 6.03. The molecule has 3 heterocycles. The van der Waals surface area contributed by atoms with E-state index >= 15 is 0 Å². The Kier molecular flexibility index (Phi) is 3.36. The van der Waals surface area contributed by atoms with Crippen molar-refractivity contribution in [2.45, 2.75) is 19.5 Å². The second kappa shape index (κ2) is 4.68. The van der Waals surface area contributed by atoms with Crippen LogP contribution in [0.3, 0.4) is 0 Å². The number of nitrogens with zero attached hydrogens (tertiary/aromatic N) is 1. The van der Waals surface area contributed by atoms with Gasteiger partial charge >= 0.3 is 0 Å². The summed E-state index contributed by atoms with van der Waals surface area (Å²) in [4.78, 5) is 2.54. The van der Waals surface area contributed by atoms with Crippen LogP contribution in [-0.4, -0.2) is 30.6 Å². The molecule has 1 N–H and O–H groups in total. The number of nitrogens with one attached hydrogen (secondary N) is 1. The summed E-state index contributed by atoms with van der Waals surface area (Å²) in [5, 5.41) is 3.49. The molecule has 3 unspecified atom stereocenters. The monoisotopic (exact) mass is 362 g/mol. The average molecular weight is 364 g/mol. The van der Waals surface area contributed by atoms with Crippen LogP contribution in [0, 0.1) is 11.8 Å². The van der Waals surface area contributed by atoms with Gasteiger partial charge in [-0.15, -0.1) is 0 Å². The molecular formula is C12H16Br2N2O. The first kappa shape index (κ1) is 12.2. The fraction of sp³-hybridized carbons (Fsp3) is 0.667. The lowest BCUT2D eigenvalue weighted by atomic mass is 9.95. The van der Waals surface area contributed by atoms with Gasteiger partial charge in [-0.25, -0.2) is 0 Å². The van der Waals surface area contributed by atoms with Gasteiger partial charge in [0.25, 0.3) is 0 Å². The summed E-state index contributed by atoms with van der Waals surface area (Å²) in [5.41, 5.74) is 0. The molecule has 0 aliphatic carbocycles. The Balaban J connectivity index is 1.70. The third-order valence-electron chi connectivity index (χ3n) is 4.11. The van der Waals surface area contributed by atoms with Crippen molar-refractivity contribution in [2.24, 2.45) is 11.8 Å². The van der Waals surface area contributed by atoms with Crippen molar-refractivity contribution in [1.29, 1.82) is 0 Å². The van der Waals surface area contributed by atoms with Crippen LogP contribution in [0.2, 0.25) is 0 Å². The van der Waals surface area contributed by atoms with E-state index in [4.69, 9.17) is 4.42 Å². The van der Waals surface area contributed by atoms with E-state index in [-0.39, 0.29) is 0 Å². The first-order valence-corrected chi connectivity index (χ1v) is 7.62. The lowest BCUT2D eigenvalue weighted by molar-refractivity contribution is 0.213. The third kappa shape index (κ3) is 2.23. The van der Waals surface area contributed by atoms with Gasteiger partial charge in [0.15, 0.2) is 4.67 Å². The van der Waals surface area contributed by atoms with Crippen LogP contribution in [0.15, 0.2) is 19.6 Å². The Morgan fingerprint density at radius 3 is 2.94 bits per heavy atom. The molecule has 0 aromatic carbocycles. The Labute approximate surface area is 118 Å². The molecule has 2 aliphatic rings. The molecule has 5 heteroatoms. The van der Waals surface area contributed by atoms with Gasteiger partial charge in [0.2, 0.25) is 0 Å². The summed E-state index contributed by atoms with van der Waals surface area (Å²) in [7, 11) is 0. The summed E-state index contributed by atoms with van der Waals surface area (Å²) >= 11 is 6.85. The molecule has 0 bridgehead atoms. The molecule has 0 spiro atoms. The van der Waals surface area contributed by atoms with Gasteiger partial charge in [-0.1, -0.05) is 0 Å². The zero-order valence-electron chi connectivity index (χ0n) is 9.75. The second-order valence-corrected chi connectivity index (χ2v) is 6.66. The SMILES string of the molecule is CC1C2CNCC2CN1Cc1cc(Br)c(Br)o1. The van der Waals surface area contributed by atoms with Crippen molar-refractivity contribution in [3.8, 4) is 0 Å². The summed E-state index contributed by atoms with van der Waals surface area (Å²) < 4.78 is 7.45. The molecule has 3 nitrogen and oxygen atoms in total. The van der Waals surface area contributed by atoms with Crippen LogP contribution >= 0.6 is 31.9 Å². The maximum absolute atomic E-state index is 5.66. The molecule has 17 heavy (non-hydrogen) atoms. The zero-order chi connectivity index (χ0) is 12.0. The molecule has 1 aromatic heterocycles. The number of fused-ring (bicyclic) bond motifs is 1. The van der Waals surface area contributed by atoms with Gasteiger partial charge < -0.3 is 9.73 Å². The maximum atomic E-state index is 5.66. The second-order valence-electron chi connectivity index (χ2n) is 5.09. The highest BCUT2D eigenvalue weighted by atomic mass is 79.9. The van der Waals surface area contributed by atoms with Crippen LogP contribution < -0.4 is 5.32 Å². The van der Waals surface area contributed by atoms with Crippen molar-refractivity contribution in [1.82, 2.24) is 10.2 Å². The van der Waals surface area contributed by atoms with Gasteiger partial charge in [-0.3, -0.25) is 4.90 Å². The molecule has 2 saturated heterocycles. The quantitative estimate of drug-likeness (QED) is 0.875. The molecule has 0 amide bonds. The Bertz CT molecular complexity index is 401. The topological polar surface area (TPSA) is 28.4 Å². The summed E-state index contributed by atoms with van der Waals surface area (Å²) in [6.07, 6.45) is 0. The van der Waals surface area contributed by atoms with Crippen LogP contribution in [0.1, 0.15) is 12.7 Å². The number of hydrogen-bond acceptors (Lipinski definition) is 3. The van der Waals surface area contributed by atoms with Crippen LogP contribution in [-0.2, 0) is 6.54 Å². The predicted octanol–water partition coefficient (Wildman–Crippen LogP) is 2.84. The summed E-state index contributed by atoms with van der Waals surface area (Å²) in [6.45, 7) is 6.79. The van der Waals surface area contributed by atoms with E-state index in [0.717, 1.165) is 33.3 Å². The highest BCUT2D eigenvalue weighted by Crippen LogP contribution is 2.34. The molecule has 3 rings (SSSR count). The number of likely N-dealkylation sites (tertiary alicyclic amines) is 1. The standard InChI is InChI=1S/C12H16Br2N2O/c1-7-10-4-15-3-8(10)5-16(7)6-9-2-11(13)12(14)17-9/h2,7-8,10,15H,3-6H2,1H3. The molecule has 2 fully saturated rings. The number of hydrogen-bond donors (Lipinski definition) is 1. The summed E-state index contributed by atoms with van der Waals surface area (Å²) in [5.74, 6) is 2.67. The molecule has 94 valence electrons. The van der Waals surface area contributed by atoms with E-state index < -0.39 is 0 Å². The van der Waals surface area contributed by atoms with Crippen molar-refractivity contribution in [2.75, 3.05) is 19.6 Å². The molecule has 3 atom stereocenters. The van der Waals surface area contributed by atoms with Crippen LogP contribution in [0.4, 0.5) is 0 Å². The first-order chi connectivity index (χ1) is 8.15. The van der Waals surface area contributed by atoms with Crippen LogP contribution in [0.25, 0.3) is 0 Å². The number of rotatable bonds is 2. The van der Waals surface area contributed by atoms with Gasteiger partial charge in [0.1, 0.15) is 5.76 Å². The van der Waals surface area contributed by atoms with Gasteiger partial charge in [-0.2, -0.15) is 0 Å². The lowest BCUT2D eigenvalue weighted by Gasteiger charge is -2.22. The highest BCUT2D eigenvalue weighted by Gasteiger charge is 2.41. The minimum atomic E-state index is 0.651. The van der Waals surface area contributed by atoms with Gasteiger partial charge in [0, 0.05) is 12.6 Å². The third-order valence-corrected chi connectivity index (χ3v) is 5.82. The largest absolute Gasteiger partial charge is 0.452 e. The summed E-state index contributed by atoms with van der Waals surface area (Å²) in [6, 6.07) is 2.71. The Hall–Kier alpha value is 0.160. The van der Waals surface area contributed by atoms with Crippen molar-refractivity contribution in [3.05, 3.63) is 21.0 Å². The minimum absolute atomic E-state index is 0.651. The van der Waals surface area contributed by atoms with Crippen LogP contribution in [0.5, 0.6) is 0 Å². The lowest BCUT2D eigenvalue weighted by Crippen LogP contribution is -2.32. The maximum Gasteiger partial charge on any atom is 0.183 e. The average Bonchev–Trinajstić information content (AvgIpc) is 2.91.